The number of thioether (sulfide) groups is 1. The predicted molar refractivity (Wildman–Crippen MR) is 68.7 cm³/mol. The first-order chi connectivity index (χ1) is 7.45. The summed E-state index contributed by atoms with van der Waals surface area (Å²) in [6.07, 6.45) is 5.70. The molecule has 0 aliphatic carbocycles. The molecule has 0 atom stereocenters. The van der Waals surface area contributed by atoms with Gasteiger partial charge in [-0.15, -0.1) is 0 Å². The average Bonchev–Trinajstić information content (AvgIpc) is 2.32. The van der Waals surface area contributed by atoms with Crippen molar-refractivity contribution in [1.29, 1.82) is 0 Å². The van der Waals surface area contributed by atoms with Crippen molar-refractivity contribution >= 4 is 11.8 Å². The Labute approximate surface area is 98.4 Å². The molecule has 2 aliphatic rings. The van der Waals surface area contributed by atoms with Crippen molar-refractivity contribution < 1.29 is 0 Å². The standard InChI is InChI=1S/C12H24N2S/c1-2-5-13(6-3-1)7-4-8-14-9-11-15-12-10-14/h1-12H2. The van der Waals surface area contributed by atoms with E-state index in [-0.39, 0.29) is 0 Å². The highest BCUT2D eigenvalue weighted by molar-refractivity contribution is 7.99. The highest BCUT2D eigenvalue weighted by atomic mass is 32.2. The summed E-state index contributed by atoms with van der Waals surface area (Å²) >= 11 is 2.11. The van der Waals surface area contributed by atoms with Crippen LogP contribution in [0.15, 0.2) is 0 Å². The first kappa shape index (κ1) is 11.7. The van der Waals surface area contributed by atoms with Gasteiger partial charge in [0, 0.05) is 24.6 Å². The maximum atomic E-state index is 2.65. The lowest BCUT2D eigenvalue weighted by Gasteiger charge is -2.29. The summed E-state index contributed by atoms with van der Waals surface area (Å²) in [4.78, 5) is 5.29. The number of likely N-dealkylation sites (tertiary alicyclic amines) is 1. The molecule has 0 N–H and O–H groups in total. The van der Waals surface area contributed by atoms with Gasteiger partial charge in [0.2, 0.25) is 0 Å². The summed E-state index contributed by atoms with van der Waals surface area (Å²) in [5.74, 6) is 2.70. The molecule has 15 heavy (non-hydrogen) atoms. The van der Waals surface area contributed by atoms with E-state index in [2.05, 4.69) is 21.6 Å². The number of hydrogen-bond acceptors (Lipinski definition) is 3. The Morgan fingerprint density at radius 1 is 0.733 bits per heavy atom. The monoisotopic (exact) mass is 228 g/mol. The molecule has 0 aromatic rings. The van der Waals surface area contributed by atoms with E-state index in [1.165, 1.54) is 76.5 Å². The third kappa shape index (κ3) is 4.33. The zero-order valence-electron chi connectivity index (χ0n) is 9.79. The average molecular weight is 228 g/mol. The molecule has 2 rings (SSSR count). The molecule has 0 aromatic heterocycles. The third-order valence-electron chi connectivity index (χ3n) is 3.50. The quantitative estimate of drug-likeness (QED) is 0.726. The Kier molecular flexibility index (Phi) is 5.30. The number of hydrogen-bond donors (Lipinski definition) is 0. The van der Waals surface area contributed by atoms with E-state index in [4.69, 9.17) is 0 Å². The fourth-order valence-electron chi connectivity index (χ4n) is 2.53. The van der Waals surface area contributed by atoms with Crippen LogP contribution in [0.25, 0.3) is 0 Å². The van der Waals surface area contributed by atoms with Gasteiger partial charge in [-0.3, -0.25) is 0 Å². The molecule has 0 unspecified atom stereocenters. The fraction of sp³-hybridized carbons (Fsp3) is 1.00. The molecule has 0 spiro atoms. The minimum atomic E-state index is 1.32. The van der Waals surface area contributed by atoms with E-state index < -0.39 is 0 Å². The van der Waals surface area contributed by atoms with Crippen LogP contribution < -0.4 is 0 Å². The van der Waals surface area contributed by atoms with E-state index >= 15 is 0 Å². The Bertz CT molecular complexity index is 145. The van der Waals surface area contributed by atoms with Crippen LogP contribution >= 0.6 is 11.8 Å². The molecule has 0 radical (unpaired) electrons. The van der Waals surface area contributed by atoms with Crippen LogP contribution in [-0.4, -0.2) is 60.6 Å². The maximum absolute atomic E-state index is 2.65. The van der Waals surface area contributed by atoms with Gasteiger partial charge in [-0.2, -0.15) is 11.8 Å². The molecule has 0 aromatic carbocycles. The zero-order chi connectivity index (χ0) is 10.3. The van der Waals surface area contributed by atoms with Gasteiger partial charge in [-0.1, -0.05) is 6.42 Å². The van der Waals surface area contributed by atoms with E-state index in [1.807, 2.05) is 0 Å². The number of piperidine rings is 1. The molecule has 2 heterocycles. The molecule has 3 heteroatoms. The van der Waals surface area contributed by atoms with Crippen molar-refractivity contribution in [3.63, 3.8) is 0 Å². The van der Waals surface area contributed by atoms with Gasteiger partial charge in [0.15, 0.2) is 0 Å². The van der Waals surface area contributed by atoms with E-state index in [1.54, 1.807) is 0 Å². The molecular weight excluding hydrogens is 204 g/mol. The smallest absolute Gasteiger partial charge is 0.00727 e. The summed E-state index contributed by atoms with van der Waals surface area (Å²) in [5.41, 5.74) is 0. The van der Waals surface area contributed by atoms with Crippen molar-refractivity contribution in [2.24, 2.45) is 0 Å². The van der Waals surface area contributed by atoms with Crippen LogP contribution in [0.1, 0.15) is 25.7 Å². The number of nitrogens with zero attached hydrogens (tertiary/aromatic N) is 2. The van der Waals surface area contributed by atoms with Crippen molar-refractivity contribution in [3.8, 4) is 0 Å². The summed E-state index contributed by atoms with van der Waals surface area (Å²) in [7, 11) is 0. The van der Waals surface area contributed by atoms with Crippen LogP contribution in [-0.2, 0) is 0 Å². The minimum absolute atomic E-state index is 1.32. The highest BCUT2D eigenvalue weighted by Crippen LogP contribution is 2.11. The predicted octanol–water partition coefficient (Wildman–Crippen LogP) is 1.91. The topological polar surface area (TPSA) is 6.48 Å². The van der Waals surface area contributed by atoms with Crippen molar-refractivity contribution in [1.82, 2.24) is 9.80 Å². The summed E-state index contributed by atoms with van der Waals surface area (Å²) in [5, 5.41) is 0. The summed E-state index contributed by atoms with van der Waals surface area (Å²) in [6, 6.07) is 0. The number of rotatable bonds is 4. The third-order valence-corrected chi connectivity index (χ3v) is 4.44. The van der Waals surface area contributed by atoms with E-state index in [0.29, 0.717) is 0 Å². The molecule has 2 saturated heterocycles. The first-order valence-electron chi connectivity index (χ1n) is 6.47. The molecule has 0 saturated carbocycles. The van der Waals surface area contributed by atoms with Gasteiger partial charge in [-0.25, -0.2) is 0 Å². The second-order valence-corrected chi connectivity index (χ2v) is 5.93. The fourth-order valence-corrected chi connectivity index (χ4v) is 3.50. The maximum Gasteiger partial charge on any atom is 0.00727 e. The van der Waals surface area contributed by atoms with Crippen molar-refractivity contribution in [2.45, 2.75) is 25.7 Å². The Hall–Kier alpha value is 0.270. The normalized spacial score (nSPS) is 25.6. The first-order valence-corrected chi connectivity index (χ1v) is 7.63. The van der Waals surface area contributed by atoms with E-state index in [9.17, 15) is 0 Å². The van der Waals surface area contributed by atoms with Crippen LogP contribution in [0.2, 0.25) is 0 Å². The Morgan fingerprint density at radius 2 is 1.33 bits per heavy atom. The minimum Gasteiger partial charge on any atom is -0.303 e. The summed E-state index contributed by atoms with van der Waals surface area (Å²) in [6.45, 7) is 8.03. The highest BCUT2D eigenvalue weighted by Gasteiger charge is 2.12. The Balaban J connectivity index is 1.53. The van der Waals surface area contributed by atoms with Crippen LogP contribution in [0.5, 0.6) is 0 Å². The SMILES string of the molecule is C1CCN(CCCN2CCSCC2)CC1. The molecule has 88 valence electrons. The second kappa shape index (κ2) is 6.77. The molecule has 2 fully saturated rings. The van der Waals surface area contributed by atoms with Gasteiger partial charge in [-0.05, 0) is 45.4 Å². The van der Waals surface area contributed by atoms with E-state index in [0.717, 1.165) is 0 Å². The van der Waals surface area contributed by atoms with Gasteiger partial charge >= 0.3 is 0 Å². The summed E-state index contributed by atoms with van der Waals surface area (Å²) < 4.78 is 0. The molecule has 2 nitrogen and oxygen atoms in total. The van der Waals surface area contributed by atoms with Gasteiger partial charge in [0.05, 0.1) is 0 Å². The zero-order valence-corrected chi connectivity index (χ0v) is 10.6. The van der Waals surface area contributed by atoms with Gasteiger partial charge in [0.25, 0.3) is 0 Å². The van der Waals surface area contributed by atoms with Crippen LogP contribution in [0.3, 0.4) is 0 Å². The lowest BCUT2D eigenvalue weighted by atomic mass is 10.1. The van der Waals surface area contributed by atoms with Crippen molar-refractivity contribution in [3.05, 3.63) is 0 Å². The Morgan fingerprint density at radius 3 is 2.00 bits per heavy atom. The molecular formula is C12H24N2S. The lowest BCUT2D eigenvalue weighted by molar-refractivity contribution is 0.207. The molecule has 0 amide bonds. The molecule has 2 aliphatic heterocycles. The van der Waals surface area contributed by atoms with Crippen LogP contribution in [0.4, 0.5) is 0 Å². The van der Waals surface area contributed by atoms with Gasteiger partial charge < -0.3 is 9.80 Å². The van der Waals surface area contributed by atoms with Crippen LogP contribution in [0, 0.1) is 0 Å². The van der Waals surface area contributed by atoms with Crippen molar-refractivity contribution in [2.75, 3.05) is 50.8 Å². The lowest BCUT2D eigenvalue weighted by Crippen LogP contribution is -2.36. The molecule has 0 bridgehead atoms. The second-order valence-electron chi connectivity index (χ2n) is 4.71. The largest absolute Gasteiger partial charge is 0.303 e. The van der Waals surface area contributed by atoms with Gasteiger partial charge in [0.1, 0.15) is 0 Å².